The first kappa shape index (κ1) is 12.4. The van der Waals surface area contributed by atoms with Gasteiger partial charge in [-0.25, -0.2) is 0 Å². The minimum atomic E-state index is -0.942. The van der Waals surface area contributed by atoms with Crippen LogP contribution in [0.1, 0.15) is 39.5 Å². The Bertz CT molecular complexity index is 325. The fraction of sp³-hybridized carbons (Fsp3) is 0.846. The first-order valence-corrected chi connectivity index (χ1v) is 6.42. The maximum atomic E-state index is 11.8. The van der Waals surface area contributed by atoms with E-state index in [1.807, 2.05) is 0 Å². The van der Waals surface area contributed by atoms with E-state index in [4.69, 9.17) is 9.84 Å². The van der Waals surface area contributed by atoms with Gasteiger partial charge in [0.1, 0.15) is 6.10 Å². The molecule has 5 unspecified atom stereocenters. The molecule has 0 spiro atoms. The molecule has 96 valence electrons. The van der Waals surface area contributed by atoms with Crippen molar-refractivity contribution in [3.63, 3.8) is 0 Å². The third-order valence-corrected chi connectivity index (χ3v) is 4.45. The van der Waals surface area contributed by atoms with Gasteiger partial charge in [-0.2, -0.15) is 0 Å². The number of carbonyl (C=O) groups excluding carboxylic acids is 1. The number of aliphatic carboxylic acids is 1. The molecule has 4 heteroatoms. The van der Waals surface area contributed by atoms with Crippen molar-refractivity contribution in [1.29, 1.82) is 0 Å². The van der Waals surface area contributed by atoms with Gasteiger partial charge in [-0.1, -0.05) is 13.8 Å². The Morgan fingerprint density at radius 2 is 1.88 bits per heavy atom. The van der Waals surface area contributed by atoms with E-state index in [2.05, 4.69) is 0 Å². The summed E-state index contributed by atoms with van der Waals surface area (Å²) in [5.74, 6) is -1.28. The van der Waals surface area contributed by atoms with E-state index in [0.717, 1.165) is 18.8 Å². The molecule has 0 aromatic rings. The standard InChI is InChI=1S/C13H20O4/c1-7(12(14)15)8(2)13(16)17-11-6-9-3-4-10(11)5-9/h7-11H,3-6H2,1-2H3,(H,14,15). The van der Waals surface area contributed by atoms with Crippen molar-refractivity contribution in [1.82, 2.24) is 0 Å². The second-order valence-corrected chi connectivity index (χ2v) is 5.57. The van der Waals surface area contributed by atoms with E-state index < -0.39 is 17.8 Å². The lowest BCUT2D eigenvalue weighted by Crippen LogP contribution is -2.32. The predicted octanol–water partition coefficient (Wildman–Crippen LogP) is 2.08. The third-order valence-electron chi connectivity index (χ3n) is 4.45. The molecule has 5 atom stereocenters. The van der Waals surface area contributed by atoms with Gasteiger partial charge >= 0.3 is 11.9 Å². The Morgan fingerprint density at radius 1 is 1.18 bits per heavy atom. The number of hydrogen-bond donors (Lipinski definition) is 1. The van der Waals surface area contributed by atoms with Crippen LogP contribution in [0, 0.1) is 23.7 Å². The molecule has 2 aliphatic carbocycles. The number of carbonyl (C=O) groups is 2. The van der Waals surface area contributed by atoms with Gasteiger partial charge in [-0.3, -0.25) is 9.59 Å². The molecule has 17 heavy (non-hydrogen) atoms. The number of fused-ring (bicyclic) bond motifs is 2. The van der Waals surface area contributed by atoms with Crippen LogP contribution in [0.5, 0.6) is 0 Å². The molecule has 2 rings (SSSR count). The first-order valence-electron chi connectivity index (χ1n) is 6.42. The highest BCUT2D eigenvalue weighted by atomic mass is 16.5. The van der Waals surface area contributed by atoms with Crippen molar-refractivity contribution in [3.05, 3.63) is 0 Å². The minimum Gasteiger partial charge on any atom is -0.481 e. The van der Waals surface area contributed by atoms with Crippen LogP contribution in [0.3, 0.4) is 0 Å². The van der Waals surface area contributed by atoms with Gasteiger partial charge < -0.3 is 9.84 Å². The first-order chi connectivity index (χ1) is 7.99. The quantitative estimate of drug-likeness (QED) is 0.764. The number of carboxylic acid groups (broad SMARTS) is 1. The fourth-order valence-corrected chi connectivity index (χ4v) is 3.01. The summed E-state index contributed by atoms with van der Waals surface area (Å²) in [4.78, 5) is 22.6. The smallest absolute Gasteiger partial charge is 0.309 e. The van der Waals surface area contributed by atoms with Crippen LogP contribution in [0.4, 0.5) is 0 Å². The van der Waals surface area contributed by atoms with E-state index >= 15 is 0 Å². The predicted molar refractivity (Wildman–Crippen MR) is 61.3 cm³/mol. The zero-order valence-corrected chi connectivity index (χ0v) is 10.4. The second kappa shape index (κ2) is 4.67. The van der Waals surface area contributed by atoms with Crippen LogP contribution in [-0.2, 0) is 14.3 Å². The topological polar surface area (TPSA) is 63.6 Å². The van der Waals surface area contributed by atoms with Gasteiger partial charge in [0, 0.05) is 0 Å². The molecule has 1 N–H and O–H groups in total. The van der Waals surface area contributed by atoms with Crippen molar-refractivity contribution >= 4 is 11.9 Å². The molecule has 4 nitrogen and oxygen atoms in total. The van der Waals surface area contributed by atoms with E-state index in [1.165, 1.54) is 12.8 Å². The highest BCUT2D eigenvalue weighted by Crippen LogP contribution is 2.46. The Balaban J connectivity index is 1.87. The van der Waals surface area contributed by atoms with Crippen LogP contribution in [0.25, 0.3) is 0 Å². The van der Waals surface area contributed by atoms with Gasteiger partial charge in [-0.05, 0) is 37.5 Å². The minimum absolute atomic E-state index is 0.0460. The summed E-state index contributed by atoms with van der Waals surface area (Å²) in [5, 5.41) is 8.86. The van der Waals surface area contributed by atoms with Crippen molar-refractivity contribution in [2.75, 3.05) is 0 Å². The highest BCUT2D eigenvalue weighted by Gasteiger charge is 2.42. The Kier molecular flexibility index (Phi) is 3.40. The molecular formula is C13H20O4. The molecular weight excluding hydrogens is 220 g/mol. The van der Waals surface area contributed by atoms with Gasteiger partial charge in [0.05, 0.1) is 11.8 Å². The Labute approximate surface area is 101 Å². The monoisotopic (exact) mass is 240 g/mol. The average molecular weight is 240 g/mol. The molecule has 2 bridgehead atoms. The van der Waals surface area contributed by atoms with Crippen LogP contribution in [0.15, 0.2) is 0 Å². The maximum Gasteiger partial charge on any atom is 0.309 e. The Hall–Kier alpha value is -1.06. The number of ether oxygens (including phenoxy) is 1. The molecule has 0 saturated heterocycles. The summed E-state index contributed by atoms with van der Waals surface area (Å²) in [6.45, 7) is 3.18. The number of hydrogen-bond acceptors (Lipinski definition) is 3. The molecule has 0 aromatic carbocycles. The van der Waals surface area contributed by atoms with Crippen LogP contribution in [0.2, 0.25) is 0 Å². The second-order valence-electron chi connectivity index (χ2n) is 5.57. The molecule has 0 aliphatic heterocycles. The molecule has 2 saturated carbocycles. The van der Waals surface area contributed by atoms with Crippen LogP contribution >= 0.6 is 0 Å². The van der Waals surface area contributed by atoms with Gasteiger partial charge in [0.15, 0.2) is 0 Å². The summed E-state index contributed by atoms with van der Waals surface area (Å²) in [5.41, 5.74) is 0. The van der Waals surface area contributed by atoms with Gasteiger partial charge in [0.25, 0.3) is 0 Å². The molecule has 2 aliphatic rings. The molecule has 0 amide bonds. The lowest BCUT2D eigenvalue weighted by Gasteiger charge is -2.24. The van der Waals surface area contributed by atoms with Gasteiger partial charge in [0.2, 0.25) is 0 Å². The van der Waals surface area contributed by atoms with Crippen LogP contribution < -0.4 is 0 Å². The average Bonchev–Trinajstić information content (AvgIpc) is 2.88. The Morgan fingerprint density at radius 3 is 2.35 bits per heavy atom. The zero-order valence-electron chi connectivity index (χ0n) is 10.4. The number of rotatable bonds is 4. The molecule has 0 heterocycles. The SMILES string of the molecule is CC(C(=O)O)C(C)C(=O)OC1CC2CCC1C2. The zero-order chi connectivity index (χ0) is 12.6. The van der Waals surface area contributed by atoms with E-state index in [0.29, 0.717) is 5.92 Å². The van der Waals surface area contributed by atoms with Crippen molar-refractivity contribution in [2.45, 2.75) is 45.6 Å². The number of esters is 1. The highest BCUT2D eigenvalue weighted by molar-refractivity contribution is 5.80. The molecule has 0 aromatic heterocycles. The maximum absolute atomic E-state index is 11.8. The van der Waals surface area contributed by atoms with Crippen molar-refractivity contribution < 1.29 is 19.4 Å². The van der Waals surface area contributed by atoms with Gasteiger partial charge in [-0.15, -0.1) is 0 Å². The summed E-state index contributed by atoms with van der Waals surface area (Å²) in [6.07, 6.45) is 4.63. The largest absolute Gasteiger partial charge is 0.481 e. The normalized spacial score (nSPS) is 34.4. The summed E-state index contributed by atoms with van der Waals surface area (Å²) in [6, 6.07) is 0. The lowest BCUT2D eigenvalue weighted by molar-refractivity contribution is -0.162. The summed E-state index contributed by atoms with van der Waals surface area (Å²) in [7, 11) is 0. The van der Waals surface area contributed by atoms with Crippen LogP contribution in [-0.4, -0.2) is 23.1 Å². The molecule has 0 radical (unpaired) electrons. The third kappa shape index (κ3) is 2.45. The van der Waals surface area contributed by atoms with Crippen molar-refractivity contribution in [2.24, 2.45) is 23.7 Å². The van der Waals surface area contributed by atoms with E-state index in [-0.39, 0.29) is 12.1 Å². The summed E-state index contributed by atoms with van der Waals surface area (Å²) < 4.78 is 5.48. The number of carboxylic acids is 1. The van der Waals surface area contributed by atoms with E-state index in [9.17, 15) is 9.59 Å². The van der Waals surface area contributed by atoms with E-state index in [1.54, 1.807) is 13.8 Å². The molecule has 2 fully saturated rings. The van der Waals surface area contributed by atoms with Crippen molar-refractivity contribution in [3.8, 4) is 0 Å². The fourth-order valence-electron chi connectivity index (χ4n) is 3.01. The lowest BCUT2D eigenvalue weighted by atomic mass is 9.95. The summed E-state index contributed by atoms with van der Waals surface area (Å²) >= 11 is 0.